The molecule has 1 atom stereocenters. The van der Waals surface area contributed by atoms with Crippen molar-refractivity contribution in [2.24, 2.45) is 0 Å². The van der Waals surface area contributed by atoms with Crippen LogP contribution in [0.3, 0.4) is 0 Å². The Morgan fingerprint density at radius 3 is 2.62 bits per heavy atom. The minimum Gasteiger partial charge on any atom is -0.268 e. The van der Waals surface area contributed by atoms with E-state index >= 15 is 0 Å². The number of hydrogen-bond donors (Lipinski definition) is 0. The van der Waals surface area contributed by atoms with Gasteiger partial charge in [0, 0.05) is 5.38 Å². The predicted octanol–water partition coefficient (Wildman–Crippen LogP) is 3.16. The normalized spacial score (nSPS) is 12.3. The van der Waals surface area contributed by atoms with E-state index < -0.39 is 0 Å². The highest BCUT2D eigenvalue weighted by Gasteiger charge is 2.12. The summed E-state index contributed by atoms with van der Waals surface area (Å²) in [6, 6.07) is 10.1. The van der Waals surface area contributed by atoms with Crippen LogP contribution in [-0.4, -0.2) is 3.96 Å². The highest BCUT2D eigenvalue weighted by molar-refractivity contribution is 7.04. The van der Waals surface area contributed by atoms with Crippen LogP contribution in [0.5, 0.6) is 0 Å². The standard InChI is InChI=1S/C13H13NOS/c1-3-11-9-16-14(13(11)15)10(2)12-7-5-4-6-8-12/h3-10H,1H2,2H3/t10-/m0/s1. The first-order valence-electron chi connectivity index (χ1n) is 5.12. The molecule has 1 heterocycles. The molecule has 2 nitrogen and oxygen atoms in total. The van der Waals surface area contributed by atoms with Gasteiger partial charge < -0.3 is 0 Å². The molecule has 0 saturated heterocycles. The lowest BCUT2D eigenvalue weighted by atomic mass is 10.1. The monoisotopic (exact) mass is 231 g/mol. The molecule has 2 aromatic rings. The summed E-state index contributed by atoms with van der Waals surface area (Å²) in [6.07, 6.45) is 1.60. The second kappa shape index (κ2) is 4.49. The van der Waals surface area contributed by atoms with Gasteiger partial charge in [0.2, 0.25) is 0 Å². The number of aromatic nitrogens is 1. The highest BCUT2D eigenvalue weighted by Crippen LogP contribution is 2.18. The van der Waals surface area contributed by atoms with Gasteiger partial charge in [0.25, 0.3) is 5.56 Å². The molecule has 0 radical (unpaired) electrons. The van der Waals surface area contributed by atoms with Gasteiger partial charge in [-0.05, 0) is 12.5 Å². The molecule has 3 heteroatoms. The molecular weight excluding hydrogens is 218 g/mol. The van der Waals surface area contributed by atoms with Crippen molar-refractivity contribution in [3.8, 4) is 0 Å². The third kappa shape index (κ3) is 1.86. The summed E-state index contributed by atoms with van der Waals surface area (Å²) in [5.74, 6) is 0. The molecule has 0 amide bonds. The first kappa shape index (κ1) is 10.9. The second-order valence-electron chi connectivity index (χ2n) is 3.60. The molecule has 0 spiro atoms. The zero-order valence-corrected chi connectivity index (χ0v) is 9.91. The van der Waals surface area contributed by atoms with Crippen LogP contribution < -0.4 is 5.56 Å². The maximum atomic E-state index is 11.9. The van der Waals surface area contributed by atoms with Crippen LogP contribution in [0.4, 0.5) is 0 Å². The van der Waals surface area contributed by atoms with E-state index in [9.17, 15) is 4.79 Å². The topological polar surface area (TPSA) is 22.0 Å². The van der Waals surface area contributed by atoms with Crippen LogP contribution in [0.25, 0.3) is 6.08 Å². The molecule has 0 aliphatic heterocycles. The van der Waals surface area contributed by atoms with Gasteiger partial charge in [-0.2, -0.15) is 0 Å². The van der Waals surface area contributed by atoms with Gasteiger partial charge in [-0.25, -0.2) is 0 Å². The molecule has 1 aromatic carbocycles. The van der Waals surface area contributed by atoms with Crippen molar-refractivity contribution < 1.29 is 0 Å². The van der Waals surface area contributed by atoms with Crippen LogP contribution in [0.1, 0.15) is 24.1 Å². The van der Waals surface area contributed by atoms with Crippen LogP contribution >= 0.6 is 11.5 Å². The molecule has 0 N–H and O–H groups in total. The van der Waals surface area contributed by atoms with E-state index in [1.807, 2.05) is 42.6 Å². The van der Waals surface area contributed by atoms with E-state index in [0.717, 1.165) is 5.56 Å². The number of hydrogen-bond acceptors (Lipinski definition) is 2. The minimum atomic E-state index is 0.0383. The fraction of sp³-hybridized carbons (Fsp3) is 0.154. The summed E-state index contributed by atoms with van der Waals surface area (Å²) in [5, 5.41) is 1.84. The summed E-state index contributed by atoms with van der Waals surface area (Å²) in [5.41, 5.74) is 1.85. The fourth-order valence-electron chi connectivity index (χ4n) is 1.61. The quantitative estimate of drug-likeness (QED) is 0.795. The third-order valence-corrected chi connectivity index (χ3v) is 3.66. The molecule has 82 valence electrons. The van der Waals surface area contributed by atoms with Gasteiger partial charge in [-0.15, -0.1) is 0 Å². The molecule has 16 heavy (non-hydrogen) atoms. The van der Waals surface area contributed by atoms with Crippen molar-refractivity contribution in [1.82, 2.24) is 3.96 Å². The lowest BCUT2D eigenvalue weighted by molar-refractivity contribution is 0.674. The maximum absolute atomic E-state index is 11.9. The summed E-state index contributed by atoms with van der Waals surface area (Å²) < 4.78 is 1.77. The van der Waals surface area contributed by atoms with E-state index in [4.69, 9.17) is 0 Å². The SMILES string of the molecule is C=Cc1csn([C@@H](C)c2ccccc2)c1=O. The van der Waals surface area contributed by atoms with Crippen molar-refractivity contribution in [2.45, 2.75) is 13.0 Å². The molecule has 0 unspecified atom stereocenters. The Bertz CT molecular complexity index is 539. The van der Waals surface area contributed by atoms with Crippen molar-refractivity contribution >= 4 is 17.6 Å². The highest BCUT2D eigenvalue weighted by atomic mass is 32.1. The lowest BCUT2D eigenvalue weighted by Gasteiger charge is -2.11. The van der Waals surface area contributed by atoms with E-state index in [1.165, 1.54) is 11.5 Å². The van der Waals surface area contributed by atoms with Crippen molar-refractivity contribution in [1.29, 1.82) is 0 Å². The maximum Gasteiger partial charge on any atom is 0.268 e. The van der Waals surface area contributed by atoms with Crippen LogP contribution in [-0.2, 0) is 0 Å². The average molecular weight is 231 g/mol. The Morgan fingerprint density at radius 2 is 2.06 bits per heavy atom. The molecule has 0 fully saturated rings. The van der Waals surface area contributed by atoms with E-state index in [1.54, 1.807) is 10.0 Å². The van der Waals surface area contributed by atoms with Gasteiger partial charge in [-0.1, -0.05) is 54.5 Å². The Balaban J connectivity index is 2.42. The first-order valence-corrected chi connectivity index (χ1v) is 5.95. The first-order chi connectivity index (χ1) is 7.74. The van der Waals surface area contributed by atoms with E-state index in [2.05, 4.69) is 6.58 Å². The van der Waals surface area contributed by atoms with Crippen molar-refractivity contribution in [3.63, 3.8) is 0 Å². The summed E-state index contributed by atoms with van der Waals surface area (Å²) in [6.45, 7) is 5.66. The average Bonchev–Trinajstić information content (AvgIpc) is 2.70. The Morgan fingerprint density at radius 1 is 1.38 bits per heavy atom. The van der Waals surface area contributed by atoms with Crippen molar-refractivity contribution in [2.75, 3.05) is 0 Å². The molecule has 0 bridgehead atoms. The zero-order valence-electron chi connectivity index (χ0n) is 9.09. The van der Waals surface area contributed by atoms with Crippen LogP contribution in [0.15, 0.2) is 47.1 Å². The van der Waals surface area contributed by atoms with Crippen LogP contribution in [0.2, 0.25) is 0 Å². The third-order valence-electron chi connectivity index (χ3n) is 2.59. The molecular formula is C13H13NOS. The van der Waals surface area contributed by atoms with E-state index in [-0.39, 0.29) is 11.6 Å². The van der Waals surface area contributed by atoms with E-state index in [0.29, 0.717) is 5.56 Å². The van der Waals surface area contributed by atoms with Gasteiger partial charge in [0.1, 0.15) is 0 Å². The van der Waals surface area contributed by atoms with Gasteiger partial charge in [0.15, 0.2) is 0 Å². The van der Waals surface area contributed by atoms with Gasteiger partial charge in [0.05, 0.1) is 11.6 Å². The summed E-state index contributed by atoms with van der Waals surface area (Å²) in [7, 11) is 0. The fourth-order valence-corrected chi connectivity index (χ4v) is 2.54. The molecule has 0 aliphatic carbocycles. The smallest absolute Gasteiger partial charge is 0.268 e. The number of rotatable bonds is 3. The Kier molecular flexibility index (Phi) is 3.06. The number of benzene rings is 1. The summed E-state index contributed by atoms with van der Waals surface area (Å²) in [4.78, 5) is 11.9. The predicted molar refractivity (Wildman–Crippen MR) is 68.9 cm³/mol. The van der Waals surface area contributed by atoms with Crippen molar-refractivity contribution in [3.05, 3.63) is 63.8 Å². The molecule has 0 saturated carbocycles. The number of nitrogens with zero attached hydrogens (tertiary/aromatic N) is 1. The zero-order chi connectivity index (χ0) is 11.5. The second-order valence-corrected chi connectivity index (χ2v) is 4.44. The lowest BCUT2D eigenvalue weighted by Crippen LogP contribution is -2.19. The molecule has 2 rings (SSSR count). The Labute approximate surface area is 98.6 Å². The largest absolute Gasteiger partial charge is 0.268 e. The minimum absolute atomic E-state index is 0.0383. The Hall–Kier alpha value is -1.61. The van der Waals surface area contributed by atoms with Crippen LogP contribution in [0, 0.1) is 0 Å². The van der Waals surface area contributed by atoms with Gasteiger partial charge in [-0.3, -0.25) is 8.75 Å². The van der Waals surface area contributed by atoms with Gasteiger partial charge >= 0.3 is 0 Å². The summed E-state index contributed by atoms with van der Waals surface area (Å²) >= 11 is 1.44. The molecule has 0 aliphatic rings. The molecule has 1 aromatic heterocycles.